The summed E-state index contributed by atoms with van der Waals surface area (Å²) >= 11 is 1.03. The van der Waals surface area contributed by atoms with Crippen LogP contribution in [0, 0.1) is 5.41 Å². The van der Waals surface area contributed by atoms with Crippen molar-refractivity contribution >= 4 is 35.4 Å². The fourth-order valence-corrected chi connectivity index (χ4v) is 3.92. The van der Waals surface area contributed by atoms with Gasteiger partial charge in [-0.1, -0.05) is 29.5 Å². The Morgan fingerprint density at radius 3 is 2.70 bits per heavy atom. The molecule has 7 nitrogen and oxygen atoms in total. The average molecular weight is 419 g/mol. The maximum Gasteiger partial charge on any atom is 0.338 e. The van der Waals surface area contributed by atoms with Gasteiger partial charge in [-0.3, -0.25) is 14.8 Å². The van der Waals surface area contributed by atoms with Crippen LogP contribution in [0.3, 0.4) is 0 Å². The lowest BCUT2D eigenvalue weighted by Crippen LogP contribution is -2.29. The van der Waals surface area contributed by atoms with Gasteiger partial charge in [-0.05, 0) is 49.4 Å². The van der Waals surface area contributed by atoms with Crippen molar-refractivity contribution in [3.05, 3.63) is 79.9 Å². The molecule has 1 aliphatic heterocycles. The largest absolute Gasteiger partial charge is 0.493 e. The van der Waals surface area contributed by atoms with E-state index in [0.717, 1.165) is 16.6 Å². The molecule has 0 atom stereocenters. The van der Waals surface area contributed by atoms with Crippen LogP contribution in [0.4, 0.5) is 0 Å². The highest BCUT2D eigenvalue weighted by atomic mass is 32.1. The number of para-hydroxylation sites is 1. The molecule has 4 rings (SSSR count). The van der Waals surface area contributed by atoms with E-state index in [1.54, 1.807) is 43.3 Å². The minimum atomic E-state index is -0.435. The van der Waals surface area contributed by atoms with E-state index in [0.29, 0.717) is 27.1 Å². The number of ether oxygens (including phenoxy) is 1. The van der Waals surface area contributed by atoms with E-state index in [-0.39, 0.29) is 17.3 Å². The van der Waals surface area contributed by atoms with E-state index in [1.807, 2.05) is 18.2 Å². The standard InChI is InChI=1S/C22H17N3O4S/c1-2-29-21(28)13-7-9-16(10-8-13)25-20(27)18(30-22(25)23)12-15-11-14-5-3-4-6-17(14)24-19(15)26/h3-12,23,27H,2H2,1H3. The van der Waals surface area contributed by atoms with Gasteiger partial charge in [0, 0.05) is 10.8 Å². The Labute approximate surface area is 175 Å². The van der Waals surface area contributed by atoms with Crippen LogP contribution in [0.1, 0.15) is 22.2 Å². The lowest BCUT2D eigenvalue weighted by Gasteiger charge is -2.07. The highest BCUT2D eigenvalue weighted by Crippen LogP contribution is 2.27. The van der Waals surface area contributed by atoms with Gasteiger partial charge in [0.25, 0.3) is 5.91 Å². The Kier molecular flexibility index (Phi) is 5.16. The molecule has 0 radical (unpaired) electrons. The first kappa shape index (κ1) is 19.5. The van der Waals surface area contributed by atoms with Gasteiger partial charge in [-0.15, -0.1) is 0 Å². The molecule has 0 unspecified atom stereocenters. The van der Waals surface area contributed by atoms with Gasteiger partial charge in [-0.2, -0.15) is 0 Å². The lowest BCUT2D eigenvalue weighted by molar-refractivity contribution is -0.114. The van der Waals surface area contributed by atoms with Crippen LogP contribution in [0.2, 0.25) is 0 Å². The molecule has 2 heterocycles. The Balaban J connectivity index is 1.72. The normalized spacial score (nSPS) is 14.0. The monoisotopic (exact) mass is 419 g/mol. The SMILES string of the molecule is CCOC(=O)c1ccc(-n2c(O)c(C=C3C=c4ccccc4=NC3=O)sc2=N)cc1. The number of hydrogen-bond donors (Lipinski definition) is 2. The number of hydrogen-bond acceptors (Lipinski definition) is 6. The summed E-state index contributed by atoms with van der Waals surface area (Å²) in [4.78, 5) is 28.7. The molecular weight excluding hydrogens is 402 g/mol. The predicted octanol–water partition coefficient (Wildman–Crippen LogP) is 1.92. The minimum absolute atomic E-state index is 0.0730. The second kappa shape index (κ2) is 7.92. The number of thiazole rings is 1. The van der Waals surface area contributed by atoms with Gasteiger partial charge in [0.05, 0.1) is 28.1 Å². The molecule has 30 heavy (non-hydrogen) atoms. The average Bonchev–Trinajstić information content (AvgIpc) is 3.02. The Morgan fingerprint density at radius 2 is 1.97 bits per heavy atom. The smallest absolute Gasteiger partial charge is 0.338 e. The van der Waals surface area contributed by atoms with Gasteiger partial charge in [0.2, 0.25) is 5.88 Å². The lowest BCUT2D eigenvalue weighted by atomic mass is 10.1. The summed E-state index contributed by atoms with van der Waals surface area (Å²) in [6, 6.07) is 13.7. The van der Waals surface area contributed by atoms with Crippen LogP contribution in [0.25, 0.3) is 17.8 Å². The van der Waals surface area contributed by atoms with Crippen LogP contribution in [-0.2, 0) is 9.53 Å². The van der Waals surface area contributed by atoms with E-state index in [1.165, 1.54) is 10.6 Å². The highest BCUT2D eigenvalue weighted by Gasteiger charge is 2.16. The van der Waals surface area contributed by atoms with Crippen molar-refractivity contribution in [3.63, 3.8) is 0 Å². The zero-order valence-electron chi connectivity index (χ0n) is 16.0. The molecule has 0 spiro atoms. The number of aromatic hydroxyl groups is 1. The number of nitrogens with zero attached hydrogens (tertiary/aromatic N) is 2. The molecule has 8 heteroatoms. The van der Waals surface area contributed by atoms with E-state index in [9.17, 15) is 14.7 Å². The number of esters is 1. The van der Waals surface area contributed by atoms with E-state index >= 15 is 0 Å². The van der Waals surface area contributed by atoms with Gasteiger partial charge in [0.1, 0.15) is 0 Å². The van der Waals surface area contributed by atoms with Gasteiger partial charge >= 0.3 is 5.97 Å². The Morgan fingerprint density at radius 1 is 1.23 bits per heavy atom. The van der Waals surface area contributed by atoms with E-state index in [2.05, 4.69) is 4.99 Å². The molecule has 0 saturated heterocycles. The summed E-state index contributed by atoms with van der Waals surface area (Å²) in [7, 11) is 0. The predicted molar refractivity (Wildman–Crippen MR) is 112 cm³/mol. The number of carbonyl (C=O) groups excluding carboxylic acids is 2. The zero-order chi connectivity index (χ0) is 21.3. The maximum absolute atomic E-state index is 12.3. The molecule has 0 fully saturated rings. The van der Waals surface area contributed by atoms with Crippen LogP contribution in [0.15, 0.2) is 59.1 Å². The summed E-state index contributed by atoms with van der Waals surface area (Å²) in [5.74, 6) is -1.00. The van der Waals surface area contributed by atoms with Crippen LogP contribution in [-0.4, -0.2) is 28.2 Å². The molecule has 2 N–H and O–H groups in total. The minimum Gasteiger partial charge on any atom is -0.493 e. The molecule has 150 valence electrons. The van der Waals surface area contributed by atoms with Crippen LogP contribution < -0.4 is 15.4 Å². The van der Waals surface area contributed by atoms with Crippen molar-refractivity contribution in [1.29, 1.82) is 5.41 Å². The van der Waals surface area contributed by atoms with Crippen molar-refractivity contribution in [2.45, 2.75) is 6.92 Å². The fraction of sp³-hybridized carbons (Fsp3) is 0.0909. The van der Waals surface area contributed by atoms with Gasteiger partial charge in [0.15, 0.2) is 4.80 Å². The molecule has 0 saturated carbocycles. The second-order valence-electron chi connectivity index (χ2n) is 6.42. The Hall–Kier alpha value is -3.78. The molecule has 1 aliphatic rings. The molecule has 3 aromatic rings. The third-order valence-electron chi connectivity index (χ3n) is 4.48. The first-order valence-electron chi connectivity index (χ1n) is 9.16. The summed E-state index contributed by atoms with van der Waals surface area (Å²) in [6.45, 7) is 2.01. The quantitative estimate of drug-likeness (QED) is 0.498. The molecule has 2 aromatic carbocycles. The van der Waals surface area contributed by atoms with Crippen molar-refractivity contribution in [2.24, 2.45) is 4.99 Å². The van der Waals surface area contributed by atoms with E-state index < -0.39 is 11.9 Å². The third-order valence-corrected chi connectivity index (χ3v) is 5.38. The first-order valence-corrected chi connectivity index (χ1v) is 9.98. The number of nitrogens with one attached hydrogen (secondary N) is 1. The third kappa shape index (κ3) is 3.60. The molecule has 1 aromatic heterocycles. The Bertz CT molecular complexity index is 1360. The molecule has 0 bridgehead atoms. The topological polar surface area (TPSA) is 105 Å². The van der Waals surface area contributed by atoms with Gasteiger partial charge in [-0.25, -0.2) is 9.79 Å². The molecule has 1 amide bonds. The number of carbonyl (C=O) groups is 2. The summed E-state index contributed by atoms with van der Waals surface area (Å²) < 4.78 is 6.30. The zero-order valence-corrected chi connectivity index (χ0v) is 16.8. The first-order chi connectivity index (χ1) is 14.5. The highest BCUT2D eigenvalue weighted by molar-refractivity contribution is 7.10. The maximum atomic E-state index is 12.3. The van der Waals surface area contributed by atoms with Crippen molar-refractivity contribution in [2.75, 3.05) is 6.61 Å². The number of amides is 1. The second-order valence-corrected chi connectivity index (χ2v) is 7.45. The van der Waals surface area contributed by atoms with Crippen molar-refractivity contribution in [3.8, 4) is 11.6 Å². The van der Waals surface area contributed by atoms with Crippen LogP contribution in [0.5, 0.6) is 5.88 Å². The van der Waals surface area contributed by atoms with Gasteiger partial charge < -0.3 is 9.84 Å². The summed E-state index contributed by atoms with van der Waals surface area (Å²) in [5, 5.41) is 20.4. The van der Waals surface area contributed by atoms with Crippen molar-refractivity contribution in [1.82, 2.24) is 4.57 Å². The number of benzene rings is 2. The summed E-state index contributed by atoms with van der Waals surface area (Å²) in [5.41, 5.74) is 1.22. The van der Waals surface area contributed by atoms with Crippen LogP contribution >= 0.6 is 11.3 Å². The van der Waals surface area contributed by atoms with Crippen molar-refractivity contribution < 1.29 is 19.4 Å². The fourth-order valence-electron chi connectivity index (χ4n) is 3.06. The number of aromatic nitrogens is 1. The number of fused-ring (bicyclic) bond motifs is 1. The summed E-state index contributed by atoms with van der Waals surface area (Å²) in [6.07, 6.45) is 3.25. The number of rotatable bonds is 4. The van der Waals surface area contributed by atoms with E-state index in [4.69, 9.17) is 10.1 Å². The molecule has 0 aliphatic carbocycles. The molecular formula is C22H17N3O4S.